The fourth-order valence-electron chi connectivity index (χ4n) is 7.98. The lowest BCUT2D eigenvalue weighted by Crippen LogP contribution is -2.53. The minimum atomic E-state index is -1.32. The van der Waals surface area contributed by atoms with Crippen LogP contribution in [-0.4, -0.2) is 94.4 Å². The van der Waals surface area contributed by atoms with E-state index in [-0.39, 0.29) is 58.4 Å². The first-order valence-corrected chi connectivity index (χ1v) is 27.7. The van der Waals surface area contributed by atoms with Crippen LogP contribution in [0.25, 0.3) is 27.4 Å². The van der Waals surface area contributed by atoms with Crippen LogP contribution in [0.3, 0.4) is 0 Å². The molecule has 0 aliphatic carbocycles. The second kappa shape index (κ2) is 29.2. The fourth-order valence-corrected chi connectivity index (χ4v) is 8.97. The van der Waals surface area contributed by atoms with Gasteiger partial charge in [-0.15, -0.1) is 0 Å². The van der Waals surface area contributed by atoms with Crippen LogP contribution in [-0.2, 0) is 56.7 Å². The topological polar surface area (TPSA) is 278 Å². The highest BCUT2D eigenvalue weighted by molar-refractivity contribution is 7.98. The number of nitrogen functional groups attached to an aromatic ring is 1. The van der Waals surface area contributed by atoms with Crippen molar-refractivity contribution in [3.63, 3.8) is 0 Å². The van der Waals surface area contributed by atoms with Gasteiger partial charge in [0.05, 0.1) is 29.8 Å². The van der Waals surface area contributed by atoms with Crippen LogP contribution >= 0.6 is 23.4 Å². The van der Waals surface area contributed by atoms with Crippen LogP contribution < -0.4 is 26.4 Å². The third-order valence-corrected chi connectivity index (χ3v) is 13.2. The van der Waals surface area contributed by atoms with E-state index in [0.29, 0.717) is 33.3 Å². The lowest BCUT2D eigenvalue weighted by atomic mass is 9.95. The number of nitriles is 1. The number of hydrogen-bond acceptors (Lipinski definition) is 17. The minimum absolute atomic E-state index is 0.0463. The molecule has 0 saturated heterocycles. The number of rotatable bonds is 24. The lowest BCUT2D eigenvalue weighted by Gasteiger charge is -2.25. The monoisotopic (exact) mass is 1170 g/mol. The molecule has 83 heavy (non-hydrogen) atoms. The Bertz CT molecular complexity index is 3320. The van der Waals surface area contributed by atoms with E-state index in [1.54, 1.807) is 145 Å². The molecule has 2 aromatic heterocycles. The van der Waals surface area contributed by atoms with Crippen molar-refractivity contribution in [2.45, 2.75) is 121 Å². The summed E-state index contributed by atoms with van der Waals surface area (Å²) in [5.74, 6) is -3.29. The number of carbonyl (C=O) groups excluding carboxylic acids is 6. The Morgan fingerprint density at radius 1 is 0.759 bits per heavy atom. The number of Topliss-reactive ketones (excluding diaryl/α,β-unsaturated/α-hetero) is 1. The van der Waals surface area contributed by atoms with Crippen molar-refractivity contribution in [2.75, 3.05) is 18.9 Å². The number of nitrogens with zero attached hydrogens (tertiary/aromatic N) is 4. The number of ether oxygens (including phenoxy) is 5. The van der Waals surface area contributed by atoms with E-state index in [1.165, 1.54) is 31.9 Å². The number of anilines is 1. The highest BCUT2D eigenvalue weighted by atomic mass is 35.5. The zero-order chi connectivity index (χ0) is 60.4. The number of aromatic nitrogens is 2. The van der Waals surface area contributed by atoms with E-state index in [1.807, 2.05) is 6.07 Å². The summed E-state index contributed by atoms with van der Waals surface area (Å²) in [6.07, 6.45) is -1.67. The number of alkyl carbamates (subject to hydrolysis) is 2. The molecule has 20 nitrogen and oxygen atoms in total. The number of pyridine rings is 1. The molecule has 6 rings (SSSR count). The zero-order valence-corrected chi connectivity index (χ0v) is 48.7. The van der Waals surface area contributed by atoms with E-state index in [0.717, 1.165) is 5.56 Å². The van der Waals surface area contributed by atoms with Crippen molar-refractivity contribution >= 4 is 70.7 Å². The predicted molar refractivity (Wildman–Crippen MR) is 311 cm³/mol. The minimum Gasteiger partial charge on any atom is -0.490 e. The van der Waals surface area contributed by atoms with Crippen molar-refractivity contribution in [3.05, 3.63) is 154 Å². The molecule has 0 unspecified atom stereocenters. The molecule has 5 atom stereocenters. The van der Waals surface area contributed by atoms with Gasteiger partial charge in [-0.25, -0.2) is 29.2 Å². The standard InChI is InChI=1S/C61H65ClN8O12S/c1-36(28-49(71)47(29-38-16-12-10-13-17-38)68-58(75)81-60(3,4)5)56(73)79-34-45(80-57(74)37(2)66-53(72)48(30-39-18-14-11-15-19-39)69-59(76)82-61(6,7)8)33-77-44-26-22-40(23-27-44)50-46(31-63)55(70-52(64)51(50)65-9)83-35-43-32-78-54(67-43)41-20-24-42(62)25-21-41/h10-27,32,36-37,45,47-48H,28-30,33-35H2,1-8H3,(H2,64,70)(H,66,72)(H,68,75)(H,69,76)/t36-,37+,45+,47+,48+/m1/s1. The number of esters is 2. The zero-order valence-electron chi connectivity index (χ0n) is 47.2. The summed E-state index contributed by atoms with van der Waals surface area (Å²) in [6, 6.07) is 29.8. The summed E-state index contributed by atoms with van der Waals surface area (Å²) in [6.45, 7) is 19.9. The second-order valence-corrected chi connectivity index (χ2v) is 22.6. The molecule has 22 heteroatoms. The molecule has 434 valence electrons. The largest absolute Gasteiger partial charge is 0.490 e. The molecule has 3 amide bonds. The molecule has 0 aliphatic rings. The summed E-state index contributed by atoms with van der Waals surface area (Å²) in [7, 11) is 0. The predicted octanol–water partition coefficient (Wildman–Crippen LogP) is 10.6. The van der Waals surface area contributed by atoms with Crippen molar-refractivity contribution in [1.29, 1.82) is 5.26 Å². The Morgan fingerprint density at radius 2 is 1.33 bits per heavy atom. The Morgan fingerprint density at radius 3 is 1.89 bits per heavy atom. The highest BCUT2D eigenvalue weighted by Gasteiger charge is 2.32. The number of ketones is 1. The fraction of sp³-hybridized carbons (Fsp3) is 0.344. The first-order valence-electron chi connectivity index (χ1n) is 26.3. The maximum atomic E-state index is 13.9. The molecular weight excluding hydrogens is 1100 g/mol. The van der Waals surface area contributed by atoms with Gasteiger partial charge in [-0.3, -0.25) is 14.4 Å². The second-order valence-electron chi connectivity index (χ2n) is 21.2. The molecule has 4 aromatic carbocycles. The molecular formula is C61H65ClN8O12S. The number of thioether (sulfide) groups is 1. The van der Waals surface area contributed by atoms with Gasteiger partial charge in [0.25, 0.3) is 0 Å². The number of nitrogens with one attached hydrogen (secondary N) is 3. The molecule has 0 spiro atoms. The average Bonchev–Trinajstić information content (AvgIpc) is 4.08. The van der Waals surface area contributed by atoms with E-state index in [4.69, 9.17) is 52.0 Å². The first-order chi connectivity index (χ1) is 39.4. The van der Waals surface area contributed by atoms with Crippen LogP contribution in [0.1, 0.15) is 84.2 Å². The first kappa shape index (κ1) is 63.3. The number of carbonyl (C=O) groups is 6. The van der Waals surface area contributed by atoms with Gasteiger partial charge >= 0.3 is 24.1 Å². The Balaban J connectivity index is 1.19. The van der Waals surface area contributed by atoms with E-state index < -0.39 is 90.4 Å². The molecule has 0 saturated carbocycles. The maximum Gasteiger partial charge on any atom is 0.408 e. The van der Waals surface area contributed by atoms with Gasteiger partial charge < -0.3 is 49.8 Å². The number of oxazole rings is 1. The van der Waals surface area contributed by atoms with E-state index in [2.05, 4.69) is 36.8 Å². The quantitative estimate of drug-likeness (QED) is 0.0190. The summed E-state index contributed by atoms with van der Waals surface area (Å²) in [4.78, 5) is 93.5. The molecule has 0 radical (unpaired) electrons. The Labute approximate surface area is 490 Å². The summed E-state index contributed by atoms with van der Waals surface area (Å²) in [5.41, 5.74) is 8.04. The normalized spacial score (nSPS) is 13.0. The summed E-state index contributed by atoms with van der Waals surface area (Å²) < 4.78 is 34.1. The number of amides is 3. The maximum absolute atomic E-state index is 13.9. The van der Waals surface area contributed by atoms with Crippen LogP contribution in [0.2, 0.25) is 5.02 Å². The third kappa shape index (κ3) is 19.6. The summed E-state index contributed by atoms with van der Waals surface area (Å²) >= 11 is 7.22. The van der Waals surface area contributed by atoms with Crippen LogP contribution in [0.15, 0.2) is 125 Å². The van der Waals surface area contributed by atoms with Crippen LogP contribution in [0.5, 0.6) is 5.75 Å². The van der Waals surface area contributed by atoms with Crippen molar-refractivity contribution in [2.24, 2.45) is 5.92 Å². The number of halogens is 1. The summed E-state index contributed by atoms with van der Waals surface area (Å²) in [5, 5.41) is 19.1. The van der Waals surface area contributed by atoms with Crippen LogP contribution in [0, 0.1) is 23.8 Å². The third-order valence-electron chi connectivity index (χ3n) is 11.9. The van der Waals surface area contributed by atoms with Gasteiger partial charge in [0.2, 0.25) is 17.5 Å². The number of benzene rings is 4. The van der Waals surface area contributed by atoms with E-state index >= 15 is 0 Å². The lowest BCUT2D eigenvalue weighted by molar-refractivity contribution is -0.164. The van der Waals surface area contributed by atoms with Crippen molar-refractivity contribution in [1.82, 2.24) is 25.9 Å². The molecule has 5 N–H and O–H groups in total. The molecule has 0 bridgehead atoms. The van der Waals surface area contributed by atoms with Gasteiger partial charge in [-0.05, 0) is 108 Å². The smallest absolute Gasteiger partial charge is 0.408 e. The molecule has 6 aromatic rings. The van der Waals surface area contributed by atoms with Gasteiger partial charge in [0.1, 0.15) is 65.4 Å². The Kier molecular flexibility index (Phi) is 22.2. The van der Waals surface area contributed by atoms with E-state index in [9.17, 15) is 34.0 Å². The van der Waals surface area contributed by atoms with Crippen LogP contribution in [0.4, 0.5) is 21.1 Å². The van der Waals surface area contributed by atoms with Gasteiger partial charge in [-0.2, -0.15) is 5.26 Å². The molecule has 0 aliphatic heterocycles. The van der Waals surface area contributed by atoms with Gasteiger partial charge in [0.15, 0.2) is 11.9 Å². The van der Waals surface area contributed by atoms with Gasteiger partial charge in [0, 0.05) is 34.7 Å². The average molecular weight is 1170 g/mol. The van der Waals surface area contributed by atoms with Crippen molar-refractivity contribution in [3.8, 4) is 34.4 Å². The van der Waals surface area contributed by atoms with Crippen molar-refractivity contribution < 1.29 is 56.9 Å². The van der Waals surface area contributed by atoms with Gasteiger partial charge in [-0.1, -0.05) is 103 Å². The SMILES string of the molecule is [C-]#[N+]c1c(N)nc(SCc2coc(-c3ccc(Cl)cc3)n2)c(C#N)c1-c1ccc(OC[C@@H](COC(=O)[C@H](C)CC(=O)[C@H](Cc2ccccc2)NC(=O)OC(C)(C)C)OC(=O)[C@H](C)NC(=O)[C@H](Cc2ccccc2)NC(=O)OC(C)(C)C)cc1. The number of hydrogen-bond donors (Lipinski definition) is 4. The Hall–Kier alpha value is -8.92. The molecule has 0 fully saturated rings. The highest BCUT2D eigenvalue weighted by Crippen LogP contribution is 2.42. The molecule has 2 heterocycles. The number of nitrogens with two attached hydrogens (primary N) is 1.